The molecule has 6 heteroatoms. The van der Waals surface area contributed by atoms with Crippen LogP contribution in [-0.2, 0) is 9.59 Å². The number of carbonyl (C=O) groups is 2. The van der Waals surface area contributed by atoms with Gasteiger partial charge in [0.25, 0.3) is 0 Å². The highest BCUT2D eigenvalue weighted by Crippen LogP contribution is 2.26. The molecule has 1 atom stereocenters. The zero-order chi connectivity index (χ0) is 13.8. The van der Waals surface area contributed by atoms with Gasteiger partial charge in [-0.2, -0.15) is 0 Å². The number of carbonyl (C=O) groups excluding carboxylic acids is 2. The molecule has 102 valence electrons. The van der Waals surface area contributed by atoms with E-state index in [1.807, 2.05) is 13.0 Å². The number of nitrogens with one attached hydrogen (secondary N) is 3. The summed E-state index contributed by atoms with van der Waals surface area (Å²) in [6, 6.07) is 5.27. The van der Waals surface area contributed by atoms with E-state index in [1.165, 1.54) is 0 Å². The van der Waals surface area contributed by atoms with Crippen LogP contribution >= 0.6 is 11.6 Å². The zero-order valence-corrected chi connectivity index (χ0v) is 11.4. The van der Waals surface area contributed by atoms with Gasteiger partial charge in [0, 0.05) is 24.5 Å². The molecule has 1 aliphatic heterocycles. The van der Waals surface area contributed by atoms with Crippen LogP contribution in [-0.4, -0.2) is 24.9 Å². The first kappa shape index (κ1) is 13.7. The van der Waals surface area contributed by atoms with Gasteiger partial charge in [-0.05, 0) is 25.1 Å². The molecule has 1 aromatic carbocycles. The number of anilines is 2. The molecule has 0 unspecified atom stereocenters. The molecule has 1 fully saturated rings. The molecule has 1 saturated heterocycles. The number of halogens is 1. The van der Waals surface area contributed by atoms with Gasteiger partial charge in [0.15, 0.2) is 0 Å². The lowest BCUT2D eigenvalue weighted by Crippen LogP contribution is -2.25. The Morgan fingerprint density at radius 3 is 2.89 bits per heavy atom. The van der Waals surface area contributed by atoms with Gasteiger partial charge >= 0.3 is 0 Å². The Hall–Kier alpha value is -1.75. The molecule has 0 spiro atoms. The summed E-state index contributed by atoms with van der Waals surface area (Å²) < 4.78 is 0. The van der Waals surface area contributed by atoms with Gasteiger partial charge < -0.3 is 16.0 Å². The monoisotopic (exact) mass is 281 g/mol. The third kappa shape index (κ3) is 3.38. The molecule has 1 aromatic rings. The smallest absolute Gasteiger partial charge is 0.229 e. The van der Waals surface area contributed by atoms with Gasteiger partial charge in [0.2, 0.25) is 11.8 Å². The minimum absolute atomic E-state index is 0.0850. The SMILES string of the molecule is CCNc1ccc(Cl)cc1NC(=O)[C@H]1CNC(=O)C1. The van der Waals surface area contributed by atoms with Crippen LogP contribution in [0.3, 0.4) is 0 Å². The maximum atomic E-state index is 12.1. The van der Waals surface area contributed by atoms with Crippen molar-refractivity contribution >= 4 is 34.8 Å². The summed E-state index contributed by atoms with van der Waals surface area (Å²) in [7, 11) is 0. The third-order valence-electron chi connectivity index (χ3n) is 2.95. The maximum absolute atomic E-state index is 12.1. The predicted molar refractivity (Wildman–Crippen MR) is 75.4 cm³/mol. The number of hydrogen-bond donors (Lipinski definition) is 3. The molecule has 0 bridgehead atoms. The van der Waals surface area contributed by atoms with Gasteiger partial charge in [-0.15, -0.1) is 0 Å². The van der Waals surface area contributed by atoms with E-state index in [0.29, 0.717) is 17.3 Å². The second-order valence-corrected chi connectivity index (χ2v) is 4.85. The first-order valence-corrected chi connectivity index (χ1v) is 6.59. The Bertz CT molecular complexity index is 505. The van der Waals surface area contributed by atoms with Crippen molar-refractivity contribution < 1.29 is 9.59 Å². The highest BCUT2D eigenvalue weighted by Gasteiger charge is 2.28. The van der Waals surface area contributed by atoms with E-state index in [0.717, 1.165) is 12.2 Å². The molecule has 0 aliphatic carbocycles. The minimum Gasteiger partial charge on any atom is -0.384 e. The lowest BCUT2D eigenvalue weighted by Gasteiger charge is -2.14. The zero-order valence-electron chi connectivity index (χ0n) is 10.6. The summed E-state index contributed by atoms with van der Waals surface area (Å²) in [6.45, 7) is 3.11. The fourth-order valence-corrected chi connectivity index (χ4v) is 2.16. The molecule has 0 radical (unpaired) electrons. The molecular formula is C13H16ClN3O2. The van der Waals surface area contributed by atoms with Crippen molar-refractivity contribution in [1.29, 1.82) is 0 Å². The third-order valence-corrected chi connectivity index (χ3v) is 3.19. The number of benzene rings is 1. The van der Waals surface area contributed by atoms with Crippen LogP contribution in [0, 0.1) is 5.92 Å². The van der Waals surface area contributed by atoms with Crippen molar-refractivity contribution in [2.75, 3.05) is 23.7 Å². The highest BCUT2D eigenvalue weighted by atomic mass is 35.5. The van der Waals surface area contributed by atoms with Crippen molar-refractivity contribution in [3.05, 3.63) is 23.2 Å². The molecule has 0 saturated carbocycles. The van der Waals surface area contributed by atoms with Gasteiger partial charge in [0.05, 0.1) is 17.3 Å². The number of hydrogen-bond acceptors (Lipinski definition) is 3. The van der Waals surface area contributed by atoms with Crippen LogP contribution in [0.1, 0.15) is 13.3 Å². The summed E-state index contributed by atoms with van der Waals surface area (Å²) in [6.07, 6.45) is 0.239. The molecule has 0 aromatic heterocycles. The summed E-state index contributed by atoms with van der Waals surface area (Å²) >= 11 is 5.94. The van der Waals surface area contributed by atoms with Crippen LogP contribution in [0.25, 0.3) is 0 Å². The van der Waals surface area contributed by atoms with E-state index in [-0.39, 0.29) is 24.2 Å². The molecular weight excluding hydrogens is 266 g/mol. The molecule has 2 amide bonds. The van der Waals surface area contributed by atoms with E-state index < -0.39 is 0 Å². The molecule has 5 nitrogen and oxygen atoms in total. The van der Waals surface area contributed by atoms with Crippen LogP contribution in [0.5, 0.6) is 0 Å². The fourth-order valence-electron chi connectivity index (χ4n) is 1.99. The Balaban J connectivity index is 2.11. The van der Waals surface area contributed by atoms with E-state index in [2.05, 4.69) is 16.0 Å². The molecule has 2 rings (SSSR count). The summed E-state index contributed by atoms with van der Waals surface area (Å²) in [4.78, 5) is 23.2. The first-order valence-electron chi connectivity index (χ1n) is 6.21. The second kappa shape index (κ2) is 5.93. The van der Waals surface area contributed by atoms with Crippen molar-refractivity contribution in [3.8, 4) is 0 Å². The standard InChI is InChI=1S/C13H16ClN3O2/c1-2-15-10-4-3-9(14)6-11(10)17-13(19)8-5-12(18)16-7-8/h3-4,6,8,15H,2,5,7H2,1H3,(H,16,18)(H,17,19)/t8-/m1/s1. The van der Waals surface area contributed by atoms with Gasteiger partial charge in [-0.3, -0.25) is 9.59 Å². The van der Waals surface area contributed by atoms with E-state index in [4.69, 9.17) is 11.6 Å². The number of rotatable bonds is 4. The van der Waals surface area contributed by atoms with Crippen molar-refractivity contribution in [2.24, 2.45) is 5.92 Å². The lowest BCUT2D eigenvalue weighted by atomic mass is 10.1. The first-order chi connectivity index (χ1) is 9.10. The average molecular weight is 282 g/mol. The minimum atomic E-state index is -0.319. The summed E-state index contributed by atoms with van der Waals surface area (Å²) in [5.74, 6) is -0.570. The fraction of sp³-hybridized carbons (Fsp3) is 0.385. The molecule has 3 N–H and O–H groups in total. The van der Waals surface area contributed by atoms with E-state index in [1.54, 1.807) is 12.1 Å². The van der Waals surface area contributed by atoms with Crippen LogP contribution in [0.15, 0.2) is 18.2 Å². The molecule has 1 heterocycles. The summed E-state index contributed by atoms with van der Waals surface area (Å²) in [5.41, 5.74) is 1.45. The van der Waals surface area contributed by atoms with Crippen LogP contribution in [0.2, 0.25) is 5.02 Å². The highest BCUT2D eigenvalue weighted by molar-refractivity contribution is 6.31. The van der Waals surface area contributed by atoms with Crippen molar-refractivity contribution in [3.63, 3.8) is 0 Å². The van der Waals surface area contributed by atoms with Crippen LogP contribution < -0.4 is 16.0 Å². The van der Waals surface area contributed by atoms with Crippen molar-refractivity contribution in [2.45, 2.75) is 13.3 Å². The predicted octanol–water partition coefficient (Wildman–Crippen LogP) is 1.85. The Kier molecular flexibility index (Phi) is 4.27. The summed E-state index contributed by atoms with van der Waals surface area (Å²) in [5, 5.41) is 9.17. The largest absolute Gasteiger partial charge is 0.384 e. The van der Waals surface area contributed by atoms with Gasteiger partial charge in [-0.1, -0.05) is 11.6 Å². The second-order valence-electron chi connectivity index (χ2n) is 4.41. The van der Waals surface area contributed by atoms with Crippen LogP contribution in [0.4, 0.5) is 11.4 Å². The normalized spacial score (nSPS) is 18.0. The Morgan fingerprint density at radius 2 is 2.26 bits per heavy atom. The maximum Gasteiger partial charge on any atom is 0.229 e. The van der Waals surface area contributed by atoms with Crippen molar-refractivity contribution in [1.82, 2.24) is 5.32 Å². The van der Waals surface area contributed by atoms with E-state index >= 15 is 0 Å². The van der Waals surface area contributed by atoms with E-state index in [9.17, 15) is 9.59 Å². The van der Waals surface area contributed by atoms with Gasteiger partial charge in [0.1, 0.15) is 0 Å². The molecule has 1 aliphatic rings. The Morgan fingerprint density at radius 1 is 1.47 bits per heavy atom. The lowest BCUT2D eigenvalue weighted by molar-refractivity contribution is -0.123. The Labute approximate surface area is 116 Å². The molecule has 19 heavy (non-hydrogen) atoms. The quantitative estimate of drug-likeness (QED) is 0.789. The van der Waals surface area contributed by atoms with Gasteiger partial charge in [-0.25, -0.2) is 0 Å². The topological polar surface area (TPSA) is 70.2 Å². The number of amides is 2. The average Bonchev–Trinajstić information content (AvgIpc) is 2.80.